The maximum atomic E-state index is 13.0. The average Bonchev–Trinajstić information content (AvgIpc) is 3.26. The maximum Gasteiger partial charge on any atom is 0.235 e. The Hall–Kier alpha value is -2.31. The largest absolute Gasteiger partial charge is 0.478 e. The van der Waals surface area contributed by atoms with Crippen molar-refractivity contribution in [3.63, 3.8) is 0 Å². The molecule has 0 saturated heterocycles. The maximum absolute atomic E-state index is 13.0. The van der Waals surface area contributed by atoms with Crippen molar-refractivity contribution in [1.82, 2.24) is 4.90 Å². The molecule has 0 unspecified atom stereocenters. The molecule has 0 N–H and O–H groups in total. The van der Waals surface area contributed by atoms with Crippen LogP contribution in [0.4, 0.5) is 0 Å². The van der Waals surface area contributed by atoms with Crippen molar-refractivity contribution in [2.24, 2.45) is 0 Å². The molecule has 1 aromatic heterocycles. The third kappa shape index (κ3) is 3.10. The molecule has 144 valence electrons. The Morgan fingerprint density at radius 2 is 1.89 bits per heavy atom. The second-order valence-corrected chi connectivity index (χ2v) is 8.19. The topological polar surface area (TPSA) is 51.9 Å². The molecule has 3 aromatic rings. The minimum Gasteiger partial charge on any atom is -0.478 e. The van der Waals surface area contributed by atoms with Crippen molar-refractivity contribution in [3.8, 4) is 17.2 Å². The molecule has 28 heavy (non-hydrogen) atoms. The van der Waals surface area contributed by atoms with Gasteiger partial charge in [0.25, 0.3) is 0 Å². The number of benzene rings is 2. The van der Waals surface area contributed by atoms with Gasteiger partial charge in [-0.25, -0.2) is 0 Å². The molecule has 2 aromatic carbocycles. The Morgan fingerprint density at radius 1 is 1.07 bits per heavy atom. The number of hydrogen-bond acceptors (Lipinski definition) is 5. The minimum atomic E-state index is -0.183. The van der Waals surface area contributed by atoms with Crippen LogP contribution in [0.15, 0.2) is 56.3 Å². The van der Waals surface area contributed by atoms with Gasteiger partial charge in [0.1, 0.15) is 30.1 Å². The van der Waals surface area contributed by atoms with Crippen LogP contribution in [0.5, 0.6) is 17.2 Å². The standard InChI is InChI=1S/C22H20BrNO4/c23-17-7-3-4-8-19(17)28-20-12-26-22-15(21(20)25)9-10-18-16(22)11-24(13-27-18)14-5-1-2-6-14/h3-4,7-10,12,14H,1-2,5-6,11,13H2. The number of rotatable bonds is 3. The SMILES string of the molecule is O=c1c(Oc2ccccc2Br)coc2c3c(ccc12)OCN(C1CCCC1)C3. The number of para-hydroxylation sites is 1. The molecule has 0 radical (unpaired) electrons. The Kier molecular flexibility index (Phi) is 4.61. The van der Waals surface area contributed by atoms with Gasteiger partial charge in [0.2, 0.25) is 11.2 Å². The molecule has 2 aliphatic rings. The summed E-state index contributed by atoms with van der Waals surface area (Å²) in [6.45, 7) is 1.33. The van der Waals surface area contributed by atoms with Crippen molar-refractivity contribution in [2.45, 2.75) is 38.3 Å². The molecule has 1 fully saturated rings. The first-order valence-corrected chi connectivity index (χ1v) is 10.4. The Morgan fingerprint density at radius 3 is 2.71 bits per heavy atom. The van der Waals surface area contributed by atoms with Gasteiger partial charge in [-0.2, -0.15) is 0 Å². The van der Waals surface area contributed by atoms with E-state index in [2.05, 4.69) is 20.8 Å². The predicted octanol–water partition coefficient (Wildman–Crippen LogP) is 5.44. The highest BCUT2D eigenvalue weighted by molar-refractivity contribution is 9.10. The summed E-state index contributed by atoms with van der Waals surface area (Å²) in [5.41, 5.74) is 1.35. The van der Waals surface area contributed by atoms with E-state index in [0.717, 1.165) is 22.3 Å². The van der Waals surface area contributed by atoms with Crippen LogP contribution in [0.2, 0.25) is 0 Å². The van der Waals surface area contributed by atoms with Crippen LogP contribution in [-0.2, 0) is 6.54 Å². The van der Waals surface area contributed by atoms with E-state index >= 15 is 0 Å². The van der Waals surface area contributed by atoms with E-state index in [-0.39, 0.29) is 11.2 Å². The number of hydrogen-bond donors (Lipinski definition) is 0. The third-order valence-corrected chi connectivity index (χ3v) is 6.27. The van der Waals surface area contributed by atoms with Gasteiger partial charge >= 0.3 is 0 Å². The molecular weight excluding hydrogens is 422 g/mol. The lowest BCUT2D eigenvalue weighted by atomic mass is 10.1. The van der Waals surface area contributed by atoms with Crippen molar-refractivity contribution in [3.05, 3.63) is 62.9 Å². The summed E-state index contributed by atoms with van der Waals surface area (Å²) in [6, 6.07) is 11.6. The second kappa shape index (κ2) is 7.26. The first-order chi connectivity index (χ1) is 13.7. The van der Waals surface area contributed by atoms with Crippen LogP contribution in [-0.4, -0.2) is 17.7 Å². The van der Waals surface area contributed by atoms with Crippen LogP contribution in [0.1, 0.15) is 31.2 Å². The fraction of sp³-hybridized carbons (Fsp3) is 0.318. The zero-order valence-electron chi connectivity index (χ0n) is 15.3. The van der Waals surface area contributed by atoms with Crippen molar-refractivity contribution >= 4 is 26.9 Å². The van der Waals surface area contributed by atoms with Gasteiger partial charge in [-0.15, -0.1) is 0 Å². The van der Waals surface area contributed by atoms with E-state index in [1.165, 1.54) is 31.9 Å². The van der Waals surface area contributed by atoms with Gasteiger partial charge in [0.05, 0.1) is 15.4 Å². The molecule has 1 saturated carbocycles. The zero-order chi connectivity index (χ0) is 19.1. The van der Waals surface area contributed by atoms with E-state index in [1.807, 2.05) is 24.3 Å². The first kappa shape index (κ1) is 17.8. The lowest BCUT2D eigenvalue weighted by Gasteiger charge is -2.33. The fourth-order valence-corrected chi connectivity index (χ4v) is 4.49. The van der Waals surface area contributed by atoms with Crippen molar-refractivity contribution < 1.29 is 13.9 Å². The van der Waals surface area contributed by atoms with Crippen LogP contribution >= 0.6 is 15.9 Å². The van der Waals surface area contributed by atoms with Gasteiger partial charge in [-0.3, -0.25) is 9.69 Å². The average molecular weight is 442 g/mol. The molecule has 5 rings (SSSR count). The molecule has 1 aliphatic heterocycles. The smallest absolute Gasteiger partial charge is 0.235 e. The molecule has 6 heteroatoms. The highest BCUT2D eigenvalue weighted by Crippen LogP contribution is 2.36. The summed E-state index contributed by atoms with van der Waals surface area (Å²) >= 11 is 3.44. The predicted molar refractivity (Wildman–Crippen MR) is 110 cm³/mol. The zero-order valence-corrected chi connectivity index (χ0v) is 16.9. The number of ether oxygens (including phenoxy) is 2. The molecule has 0 atom stereocenters. The van der Waals surface area contributed by atoms with Gasteiger partial charge in [0.15, 0.2) is 0 Å². The van der Waals surface area contributed by atoms with Crippen molar-refractivity contribution in [1.29, 1.82) is 0 Å². The fourth-order valence-electron chi connectivity index (χ4n) is 4.13. The summed E-state index contributed by atoms with van der Waals surface area (Å²) in [4.78, 5) is 15.4. The normalized spacial score (nSPS) is 17.5. The van der Waals surface area contributed by atoms with Gasteiger partial charge in [0, 0.05) is 12.6 Å². The van der Waals surface area contributed by atoms with Gasteiger partial charge in [-0.1, -0.05) is 25.0 Å². The Labute approximate surface area is 171 Å². The highest BCUT2D eigenvalue weighted by Gasteiger charge is 2.29. The van der Waals surface area contributed by atoms with Gasteiger partial charge < -0.3 is 13.9 Å². The monoisotopic (exact) mass is 441 g/mol. The number of nitrogens with zero attached hydrogens (tertiary/aromatic N) is 1. The quantitative estimate of drug-likeness (QED) is 0.541. The summed E-state index contributed by atoms with van der Waals surface area (Å²) in [6.07, 6.45) is 6.36. The lowest BCUT2D eigenvalue weighted by molar-refractivity contribution is 0.0581. The Bertz CT molecular complexity index is 1090. The van der Waals surface area contributed by atoms with Crippen LogP contribution in [0.3, 0.4) is 0 Å². The van der Waals surface area contributed by atoms with Gasteiger partial charge in [-0.05, 0) is 53.0 Å². The molecule has 5 nitrogen and oxygen atoms in total. The molecule has 0 bridgehead atoms. The van der Waals surface area contributed by atoms with E-state index in [1.54, 1.807) is 12.1 Å². The highest BCUT2D eigenvalue weighted by atomic mass is 79.9. The number of fused-ring (bicyclic) bond motifs is 3. The number of halogens is 1. The minimum absolute atomic E-state index is 0.170. The third-order valence-electron chi connectivity index (χ3n) is 5.61. The summed E-state index contributed by atoms with van der Waals surface area (Å²) < 4.78 is 18.4. The van der Waals surface area contributed by atoms with Crippen LogP contribution in [0.25, 0.3) is 11.0 Å². The van der Waals surface area contributed by atoms with Crippen molar-refractivity contribution in [2.75, 3.05) is 6.73 Å². The summed E-state index contributed by atoms with van der Waals surface area (Å²) in [5, 5.41) is 0.514. The lowest BCUT2D eigenvalue weighted by Crippen LogP contribution is -2.39. The van der Waals surface area contributed by atoms with E-state index in [4.69, 9.17) is 13.9 Å². The molecule has 2 heterocycles. The molecule has 1 aliphatic carbocycles. The second-order valence-electron chi connectivity index (χ2n) is 7.34. The Balaban J connectivity index is 1.52. The molecule has 0 amide bonds. The van der Waals surface area contributed by atoms with E-state index < -0.39 is 0 Å². The summed E-state index contributed by atoms with van der Waals surface area (Å²) in [5.74, 6) is 1.54. The molecular formula is C22H20BrNO4. The molecule has 0 spiro atoms. The van der Waals surface area contributed by atoms with E-state index in [0.29, 0.717) is 29.5 Å². The summed E-state index contributed by atoms with van der Waals surface area (Å²) in [7, 11) is 0. The van der Waals surface area contributed by atoms with E-state index in [9.17, 15) is 4.79 Å². The van der Waals surface area contributed by atoms with Crippen LogP contribution in [0, 0.1) is 0 Å². The first-order valence-electron chi connectivity index (χ1n) is 9.57. The van der Waals surface area contributed by atoms with Crippen LogP contribution < -0.4 is 14.9 Å².